The Kier molecular flexibility index (Phi) is 11.5. The summed E-state index contributed by atoms with van der Waals surface area (Å²) in [7, 11) is 0. The lowest BCUT2D eigenvalue weighted by molar-refractivity contribution is -0.149. The Morgan fingerprint density at radius 2 is 0.906 bits per heavy atom. The van der Waals surface area contributed by atoms with Gasteiger partial charge in [0.05, 0.1) is 13.2 Å². The highest BCUT2D eigenvalue weighted by molar-refractivity contribution is 6.10. The van der Waals surface area contributed by atoms with Gasteiger partial charge in [-0.1, -0.05) is 60.7 Å². The number of hydrogen-bond acceptors (Lipinski definition) is 13. The van der Waals surface area contributed by atoms with E-state index in [2.05, 4.69) is 0 Å². The zero-order valence-electron chi connectivity index (χ0n) is 27.9. The van der Waals surface area contributed by atoms with Crippen molar-refractivity contribution in [2.75, 3.05) is 39.6 Å². The molecule has 2 heterocycles. The van der Waals surface area contributed by atoms with E-state index in [1.54, 1.807) is 84.9 Å². The fraction of sp³-hybridized carbons (Fsp3) is 0.150. The van der Waals surface area contributed by atoms with Crippen LogP contribution in [0.2, 0.25) is 0 Å². The van der Waals surface area contributed by atoms with E-state index >= 15 is 0 Å². The minimum Gasteiger partial charge on any atom is -0.482 e. The normalized spacial score (nSPS) is 10.9. The van der Waals surface area contributed by atoms with Crippen molar-refractivity contribution in [1.82, 2.24) is 0 Å². The first-order chi connectivity index (χ1) is 25.7. The molecule has 0 atom stereocenters. The van der Waals surface area contributed by atoms with Gasteiger partial charge in [-0.3, -0.25) is 9.59 Å². The average molecular weight is 719 g/mol. The fourth-order valence-electron chi connectivity index (χ4n) is 5.07. The second-order valence-electron chi connectivity index (χ2n) is 11.3. The predicted molar refractivity (Wildman–Crippen MR) is 188 cm³/mol. The molecule has 0 amide bonds. The van der Waals surface area contributed by atoms with Gasteiger partial charge in [-0.2, -0.15) is 0 Å². The van der Waals surface area contributed by atoms with Crippen LogP contribution >= 0.6 is 0 Å². The first-order valence-electron chi connectivity index (χ1n) is 16.2. The number of benzene rings is 4. The van der Waals surface area contributed by atoms with Crippen molar-refractivity contribution in [2.24, 2.45) is 0 Å². The van der Waals surface area contributed by atoms with Gasteiger partial charge in [-0.25, -0.2) is 19.2 Å². The lowest BCUT2D eigenvalue weighted by atomic mass is 10.0. The number of ether oxygens (including phenoxy) is 5. The lowest BCUT2D eigenvalue weighted by Crippen LogP contribution is -2.20. The molecule has 0 N–H and O–H groups in total. The molecule has 0 aliphatic rings. The van der Waals surface area contributed by atoms with E-state index in [1.807, 2.05) is 0 Å². The van der Waals surface area contributed by atoms with Gasteiger partial charge in [-0.05, 0) is 36.4 Å². The summed E-state index contributed by atoms with van der Waals surface area (Å²) in [6.45, 7) is -0.932. The third kappa shape index (κ3) is 9.28. The highest BCUT2D eigenvalue weighted by Crippen LogP contribution is 2.23. The Bertz CT molecular complexity index is 2230. The molecule has 13 heteroatoms. The smallest absolute Gasteiger partial charge is 0.347 e. The molecule has 53 heavy (non-hydrogen) atoms. The molecule has 0 bridgehead atoms. The highest BCUT2D eigenvalue weighted by atomic mass is 16.6. The molecule has 4 aromatic carbocycles. The van der Waals surface area contributed by atoms with Crippen molar-refractivity contribution >= 4 is 45.4 Å². The number of rotatable bonds is 16. The Morgan fingerprint density at radius 3 is 1.32 bits per heavy atom. The molecule has 0 fully saturated rings. The standard InChI is InChI=1S/C40H30O13/c41-35(23-50-29-13-11-27-19-31(39(45)52-33(27)21-29)37(43)25-7-3-1-4-8-25)48-17-15-47-16-18-49-36(42)24-51-30-14-12-28-20-32(40(46)53-34(28)22-30)38(44)26-9-5-2-6-10-26/h1-14,19-22H,15-18,23-24H2. The second kappa shape index (κ2) is 16.9. The molecule has 268 valence electrons. The van der Waals surface area contributed by atoms with Crippen LogP contribution in [0.3, 0.4) is 0 Å². The van der Waals surface area contributed by atoms with E-state index in [0.717, 1.165) is 0 Å². The number of hydrogen-bond donors (Lipinski definition) is 0. The summed E-state index contributed by atoms with van der Waals surface area (Å²) in [6, 6.07) is 28.9. The van der Waals surface area contributed by atoms with E-state index in [9.17, 15) is 28.8 Å². The Hall–Kier alpha value is -6.86. The van der Waals surface area contributed by atoms with Crippen LogP contribution in [0, 0.1) is 0 Å². The molecule has 0 aliphatic carbocycles. The Labute approximate surface area is 300 Å². The third-order valence-corrected chi connectivity index (χ3v) is 7.67. The monoisotopic (exact) mass is 718 g/mol. The maximum atomic E-state index is 12.7. The van der Waals surface area contributed by atoms with Crippen molar-refractivity contribution in [3.63, 3.8) is 0 Å². The summed E-state index contributed by atoms with van der Waals surface area (Å²) in [6.07, 6.45) is 0. The number of fused-ring (bicyclic) bond motifs is 2. The largest absolute Gasteiger partial charge is 0.482 e. The van der Waals surface area contributed by atoms with E-state index in [1.165, 1.54) is 24.3 Å². The van der Waals surface area contributed by atoms with Gasteiger partial charge in [0.25, 0.3) is 0 Å². The quantitative estimate of drug-likeness (QED) is 0.0571. The molecule has 0 spiro atoms. The van der Waals surface area contributed by atoms with Gasteiger partial charge in [0.1, 0.15) is 47.0 Å². The average Bonchev–Trinajstić information content (AvgIpc) is 3.18. The maximum Gasteiger partial charge on any atom is 0.347 e. The van der Waals surface area contributed by atoms with Crippen LogP contribution in [0.25, 0.3) is 21.9 Å². The minimum atomic E-state index is -0.792. The molecule has 0 saturated carbocycles. The molecule has 2 aromatic heterocycles. The van der Waals surface area contributed by atoms with E-state index in [-0.39, 0.29) is 60.2 Å². The van der Waals surface area contributed by atoms with Crippen LogP contribution in [-0.2, 0) is 23.8 Å². The Balaban J connectivity index is 0.863. The molecule has 6 aromatic rings. The van der Waals surface area contributed by atoms with Crippen molar-refractivity contribution in [1.29, 1.82) is 0 Å². The van der Waals surface area contributed by atoms with Gasteiger partial charge >= 0.3 is 23.2 Å². The molecular weight excluding hydrogens is 688 g/mol. The minimum absolute atomic E-state index is 0.0336. The maximum absolute atomic E-state index is 12.7. The van der Waals surface area contributed by atoms with E-state index in [4.69, 9.17) is 32.5 Å². The third-order valence-electron chi connectivity index (χ3n) is 7.67. The van der Waals surface area contributed by atoms with Gasteiger partial charge in [0.15, 0.2) is 24.8 Å². The van der Waals surface area contributed by atoms with Crippen LogP contribution in [0.5, 0.6) is 11.5 Å². The van der Waals surface area contributed by atoms with Crippen LogP contribution in [0.15, 0.2) is 128 Å². The van der Waals surface area contributed by atoms with Crippen molar-refractivity contribution in [3.8, 4) is 11.5 Å². The van der Waals surface area contributed by atoms with Crippen molar-refractivity contribution in [3.05, 3.63) is 152 Å². The highest BCUT2D eigenvalue weighted by Gasteiger charge is 2.18. The van der Waals surface area contributed by atoms with Crippen LogP contribution in [0.1, 0.15) is 31.8 Å². The van der Waals surface area contributed by atoms with E-state index in [0.29, 0.717) is 21.9 Å². The molecule has 6 rings (SSSR count). The van der Waals surface area contributed by atoms with Gasteiger partial charge in [0.2, 0.25) is 0 Å². The summed E-state index contributed by atoms with van der Waals surface area (Å²) in [5.74, 6) is -1.74. The zero-order chi connectivity index (χ0) is 37.2. The summed E-state index contributed by atoms with van der Waals surface area (Å²) < 4.78 is 37.0. The van der Waals surface area contributed by atoms with Gasteiger partial charge in [-0.15, -0.1) is 0 Å². The number of carbonyl (C=O) groups excluding carboxylic acids is 4. The second-order valence-corrected chi connectivity index (χ2v) is 11.3. The predicted octanol–water partition coefficient (Wildman–Crippen LogP) is 4.92. The van der Waals surface area contributed by atoms with Gasteiger partial charge < -0.3 is 32.5 Å². The topological polar surface area (TPSA) is 175 Å². The SMILES string of the molecule is O=C(COc1ccc2cc(C(=O)c3ccccc3)c(=O)oc2c1)OCCOCCOC(=O)COc1ccc2cc(C(=O)c3ccccc3)c(=O)oc2c1. The first-order valence-corrected chi connectivity index (χ1v) is 16.2. The van der Waals surface area contributed by atoms with Crippen LogP contribution in [-0.4, -0.2) is 63.1 Å². The van der Waals surface area contributed by atoms with E-state index < -0.39 is 48.0 Å². The lowest BCUT2D eigenvalue weighted by Gasteiger charge is -2.09. The van der Waals surface area contributed by atoms with Crippen LogP contribution < -0.4 is 20.7 Å². The van der Waals surface area contributed by atoms with Crippen molar-refractivity contribution < 1.29 is 51.7 Å². The zero-order valence-corrected chi connectivity index (χ0v) is 27.9. The number of ketones is 2. The summed E-state index contributed by atoms with van der Waals surface area (Å²) in [4.78, 5) is 74.6. The number of esters is 2. The molecule has 0 saturated heterocycles. The fourth-order valence-corrected chi connectivity index (χ4v) is 5.07. The summed E-state index contributed by atoms with van der Waals surface area (Å²) >= 11 is 0. The summed E-state index contributed by atoms with van der Waals surface area (Å²) in [5, 5.41) is 1.01. The molecular formula is C40H30O13. The number of carbonyl (C=O) groups is 4. The molecule has 13 nitrogen and oxygen atoms in total. The summed E-state index contributed by atoms with van der Waals surface area (Å²) in [5.41, 5.74) is -0.685. The molecule has 0 radical (unpaired) electrons. The van der Waals surface area contributed by atoms with Crippen molar-refractivity contribution in [2.45, 2.75) is 0 Å². The van der Waals surface area contributed by atoms with Crippen LogP contribution in [0.4, 0.5) is 0 Å². The Morgan fingerprint density at radius 1 is 0.491 bits per heavy atom. The van der Waals surface area contributed by atoms with Gasteiger partial charge in [0, 0.05) is 34.0 Å². The first kappa shape index (κ1) is 35.9. The molecule has 0 unspecified atom stereocenters. The molecule has 0 aliphatic heterocycles.